The Hall–Kier alpha value is -2.84. The Kier molecular flexibility index (Phi) is 6.10. The molecule has 0 spiro atoms. The van der Waals surface area contributed by atoms with Crippen LogP contribution in [0, 0.1) is 5.82 Å². The minimum atomic E-state index is -0.589. The van der Waals surface area contributed by atoms with Crippen LogP contribution in [0.4, 0.5) is 10.1 Å². The summed E-state index contributed by atoms with van der Waals surface area (Å²) in [6.07, 6.45) is 1.43. The van der Waals surface area contributed by atoms with Crippen molar-refractivity contribution in [2.75, 3.05) is 5.32 Å². The molecule has 5 nitrogen and oxygen atoms in total. The van der Waals surface area contributed by atoms with E-state index in [0.29, 0.717) is 11.3 Å². The summed E-state index contributed by atoms with van der Waals surface area (Å²) in [5.74, 6) is -0.771. The van der Waals surface area contributed by atoms with E-state index >= 15 is 0 Å². The van der Waals surface area contributed by atoms with Crippen LogP contribution in [0.15, 0.2) is 65.8 Å². The third-order valence-electron chi connectivity index (χ3n) is 3.78. The molecule has 27 heavy (non-hydrogen) atoms. The number of hydrogen-bond acceptors (Lipinski definition) is 5. The summed E-state index contributed by atoms with van der Waals surface area (Å²) in [6.45, 7) is 0. The van der Waals surface area contributed by atoms with Gasteiger partial charge in [0, 0.05) is 18.0 Å². The number of carbonyl (C=O) groups is 1. The maximum atomic E-state index is 13.0. The van der Waals surface area contributed by atoms with E-state index in [9.17, 15) is 19.3 Å². The number of carbonyl (C=O) groups excluding carboxylic acids is 1. The van der Waals surface area contributed by atoms with Gasteiger partial charge < -0.3 is 15.4 Å². The topological polar surface area (TPSA) is 82.5 Å². The summed E-state index contributed by atoms with van der Waals surface area (Å²) in [6, 6.07) is 14.2. The second kappa shape index (κ2) is 8.70. The fourth-order valence-corrected chi connectivity index (χ4v) is 3.21. The normalized spacial score (nSPS) is 10.4. The molecular formula is C19H15BFN2O3S. The zero-order valence-electron chi connectivity index (χ0n) is 14.1. The van der Waals surface area contributed by atoms with Gasteiger partial charge in [0.05, 0.1) is 16.3 Å². The van der Waals surface area contributed by atoms with Gasteiger partial charge in [0.15, 0.2) is 0 Å². The molecule has 1 aromatic heterocycles. The fourth-order valence-electron chi connectivity index (χ4n) is 2.35. The molecular weight excluding hydrogens is 366 g/mol. The van der Waals surface area contributed by atoms with Crippen LogP contribution in [0.25, 0.3) is 0 Å². The van der Waals surface area contributed by atoms with E-state index in [4.69, 9.17) is 0 Å². The number of nitrogens with zero attached hydrogens (tertiary/aromatic N) is 1. The highest BCUT2D eigenvalue weighted by Gasteiger charge is 2.11. The zero-order chi connectivity index (χ0) is 19.2. The molecule has 2 aromatic carbocycles. The van der Waals surface area contributed by atoms with E-state index in [-0.39, 0.29) is 11.4 Å². The van der Waals surface area contributed by atoms with Crippen LogP contribution in [0.1, 0.15) is 15.9 Å². The first-order valence-corrected chi connectivity index (χ1v) is 8.99. The molecule has 135 valence electrons. The van der Waals surface area contributed by atoms with Gasteiger partial charge in [-0.3, -0.25) is 4.79 Å². The quantitative estimate of drug-likeness (QED) is 0.348. The lowest BCUT2D eigenvalue weighted by atomic mass is 9.85. The highest BCUT2D eigenvalue weighted by atomic mass is 32.2. The van der Waals surface area contributed by atoms with Crippen LogP contribution in [0.2, 0.25) is 0 Å². The number of phenols is 1. The number of hydrogen-bond donors (Lipinski definition) is 3. The Morgan fingerprint density at radius 1 is 1.19 bits per heavy atom. The van der Waals surface area contributed by atoms with Gasteiger partial charge in [-0.1, -0.05) is 24.3 Å². The van der Waals surface area contributed by atoms with Gasteiger partial charge >= 0.3 is 7.48 Å². The fraction of sp³-hybridized carbons (Fsp3) is 0.0526. The average molecular weight is 381 g/mol. The lowest BCUT2D eigenvalue weighted by Crippen LogP contribution is -2.17. The number of thioether (sulfide) groups is 1. The molecule has 1 radical (unpaired) electrons. The Balaban J connectivity index is 1.63. The third kappa shape index (κ3) is 4.87. The van der Waals surface area contributed by atoms with E-state index in [0.717, 1.165) is 35.7 Å². The number of anilines is 1. The Morgan fingerprint density at radius 3 is 2.70 bits per heavy atom. The van der Waals surface area contributed by atoms with Crippen molar-refractivity contribution in [3.8, 4) is 5.75 Å². The summed E-state index contributed by atoms with van der Waals surface area (Å²) >= 11 is 1.48. The smallest absolute Gasteiger partial charge is 0.327 e. The first-order chi connectivity index (χ1) is 13.1. The average Bonchev–Trinajstić information content (AvgIpc) is 2.69. The monoisotopic (exact) mass is 381 g/mol. The van der Waals surface area contributed by atoms with Gasteiger partial charge in [0.2, 0.25) is 0 Å². The summed E-state index contributed by atoms with van der Waals surface area (Å²) in [4.78, 5) is 16.5. The number of benzene rings is 2. The molecule has 3 N–H and O–H groups in total. The Bertz CT molecular complexity index is 954. The van der Waals surface area contributed by atoms with Gasteiger partial charge in [-0.05, 0) is 35.3 Å². The molecule has 0 aliphatic carbocycles. The number of rotatable bonds is 6. The van der Waals surface area contributed by atoms with Crippen LogP contribution in [0.5, 0.6) is 5.75 Å². The summed E-state index contributed by atoms with van der Waals surface area (Å²) in [5, 5.41) is 22.1. The van der Waals surface area contributed by atoms with Gasteiger partial charge in [0.1, 0.15) is 11.6 Å². The third-order valence-corrected chi connectivity index (χ3v) is 4.77. The van der Waals surface area contributed by atoms with Crippen LogP contribution in [-0.4, -0.2) is 28.5 Å². The Morgan fingerprint density at radius 2 is 2.00 bits per heavy atom. The number of phenolic OH excluding ortho intramolecular Hbond substituents is 1. The van der Waals surface area contributed by atoms with Crippen LogP contribution in [0.3, 0.4) is 0 Å². The first kappa shape index (κ1) is 18.9. The van der Waals surface area contributed by atoms with Gasteiger partial charge in [0.25, 0.3) is 5.91 Å². The van der Waals surface area contributed by atoms with Gasteiger partial charge in [-0.15, -0.1) is 11.8 Å². The lowest BCUT2D eigenvalue weighted by molar-refractivity contribution is 0.102. The minimum absolute atomic E-state index is 0.122. The van der Waals surface area contributed by atoms with E-state index in [2.05, 4.69) is 10.3 Å². The van der Waals surface area contributed by atoms with Crippen LogP contribution < -0.4 is 10.8 Å². The molecule has 0 fully saturated rings. The molecule has 0 atom stereocenters. The number of halogens is 1. The van der Waals surface area contributed by atoms with Crippen molar-refractivity contribution in [3.63, 3.8) is 0 Å². The summed E-state index contributed by atoms with van der Waals surface area (Å²) in [5.41, 5.74) is 2.16. The van der Waals surface area contributed by atoms with E-state index < -0.39 is 11.7 Å². The Labute approximate surface area is 160 Å². The number of aromatic hydroxyl groups is 1. The molecule has 0 saturated carbocycles. The van der Waals surface area contributed by atoms with E-state index in [1.165, 1.54) is 24.0 Å². The van der Waals surface area contributed by atoms with Gasteiger partial charge in [-0.25, -0.2) is 9.37 Å². The lowest BCUT2D eigenvalue weighted by Gasteiger charge is -2.08. The number of nitrogens with one attached hydrogen (secondary N) is 1. The molecule has 3 rings (SSSR count). The molecule has 0 bridgehead atoms. The molecule has 0 aliphatic rings. The van der Waals surface area contributed by atoms with Crippen molar-refractivity contribution in [2.45, 2.75) is 10.8 Å². The number of aromatic nitrogens is 1. The maximum Gasteiger partial charge on any atom is 0.327 e. The second-order valence-electron chi connectivity index (χ2n) is 5.62. The van der Waals surface area contributed by atoms with Crippen molar-refractivity contribution in [3.05, 3.63) is 77.7 Å². The van der Waals surface area contributed by atoms with Crippen molar-refractivity contribution >= 4 is 36.3 Å². The molecule has 1 heterocycles. The van der Waals surface area contributed by atoms with Crippen LogP contribution >= 0.6 is 11.8 Å². The van der Waals surface area contributed by atoms with Crippen molar-refractivity contribution < 1.29 is 19.3 Å². The van der Waals surface area contributed by atoms with Crippen molar-refractivity contribution in [2.24, 2.45) is 0 Å². The number of amides is 1. The van der Waals surface area contributed by atoms with E-state index in [1.54, 1.807) is 12.1 Å². The number of pyridine rings is 1. The molecule has 8 heteroatoms. The highest BCUT2D eigenvalue weighted by Crippen LogP contribution is 2.24. The first-order valence-electron chi connectivity index (χ1n) is 8.01. The largest absolute Gasteiger partial charge is 0.506 e. The molecule has 0 unspecified atom stereocenters. The molecule has 0 aliphatic heterocycles. The SMILES string of the molecule is O=C(Nc1ccc(F)cc1O)c1ccc(SCc2ccccc2[B]O)nc1. The highest BCUT2D eigenvalue weighted by molar-refractivity contribution is 7.98. The second-order valence-corrected chi connectivity index (χ2v) is 6.61. The minimum Gasteiger partial charge on any atom is -0.506 e. The van der Waals surface area contributed by atoms with Crippen molar-refractivity contribution in [1.82, 2.24) is 4.98 Å². The summed E-state index contributed by atoms with van der Waals surface area (Å²) < 4.78 is 13.0. The summed E-state index contributed by atoms with van der Waals surface area (Å²) in [7, 11) is 1.07. The van der Waals surface area contributed by atoms with Crippen molar-refractivity contribution in [1.29, 1.82) is 0 Å². The standard InChI is InChI=1S/C19H15BFN2O3S/c21-14-6-7-16(17(24)9-14)23-19(25)12-5-8-18(22-10-12)27-11-13-3-1-2-4-15(13)20-26/h1-10,24,26H,11H2,(H,23,25). The van der Waals surface area contributed by atoms with E-state index in [1.807, 2.05) is 24.3 Å². The predicted molar refractivity (Wildman–Crippen MR) is 104 cm³/mol. The zero-order valence-corrected chi connectivity index (χ0v) is 14.9. The van der Waals surface area contributed by atoms with Crippen LogP contribution in [-0.2, 0) is 5.75 Å². The molecule has 3 aromatic rings. The van der Waals surface area contributed by atoms with Gasteiger partial charge in [-0.2, -0.15) is 0 Å². The predicted octanol–water partition coefficient (Wildman–Crippen LogP) is 2.71. The maximum absolute atomic E-state index is 13.0. The molecule has 0 saturated heterocycles. The molecule has 1 amide bonds.